The van der Waals surface area contributed by atoms with Gasteiger partial charge in [0.1, 0.15) is 0 Å². The number of rotatable bonds is 1. The lowest BCUT2D eigenvalue weighted by atomic mass is 10.1. The van der Waals surface area contributed by atoms with Crippen LogP contribution >= 0.6 is 11.6 Å². The Hall–Kier alpha value is -1.68. The summed E-state index contributed by atoms with van der Waals surface area (Å²) in [6.45, 7) is 0. The maximum absolute atomic E-state index is 8.54. The number of nitrogens with zero attached hydrogens (tertiary/aromatic N) is 1. The van der Waals surface area contributed by atoms with Crippen LogP contribution in [0.1, 0.15) is 5.56 Å². The van der Waals surface area contributed by atoms with Crippen LogP contribution in [0.2, 0.25) is 5.02 Å². The Morgan fingerprint density at radius 3 is 3.00 bits per heavy atom. The predicted molar refractivity (Wildman–Crippen MR) is 55.8 cm³/mol. The van der Waals surface area contributed by atoms with E-state index in [0.717, 1.165) is 10.9 Å². The third-order valence-corrected chi connectivity index (χ3v) is 2.26. The number of aromatic amines is 1. The fourth-order valence-corrected chi connectivity index (χ4v) is 1.54. The number of amidine groups is 1. The Labute approximate surface area is 85.0 Å². The minimum Gasteiger partial charge on any atom is -0.409 e. The number of oxime groups is 1. The molecule has 4 nitrogen and oxygen atoms in total. The molecule has 0 aliphatic heterocycles. The van der Waals surface area contributed by atoms with Crippen molar-refractivity contribution in [3.63, 3.8) is 0 Å². The zero-order chi connectivity index (χ0) is 10.1. The van der Waals surface area contributed by atoms with Gasteiger partial charge in [-0.25, -0.2) is 0 Å². The van der Waals surface area contributed by atoms with Crippen LogP contribution in [-0.2, 0) is 0 Å². The lowest BCUT2D eigenvalue weighted by Gasteiger charge is -1.95. The third-order valence-electron chi connectivity index (χ3n) is 2.03. The second kappa shape index (κ2) is 3.23. The number of aromatic nitrogens is 1. The summed E-state index contributed by atoms with van der Waals surface area (Å²) in [6.07, 6.45) is 1.68. The minimum absolute atomic E-state index is 0.0820. The summed E-state index contributed by atoms with van der Waals surface area (Å²) >= 11 is 5.81. The average Bonchev–Trinajstić information content (AvgIpc) is 2.59. The molecule has 0 atom stereocenters. The topological polar surface area (TPSA) is 74.4 Å². The smallest absolute Gasteiger partial charge is 0.172 e. The highest BCUT2D eigenvalue weighted by Gasteiger charge is 2.07. The van der Waals surface area contributed by atoms with Crippen molar-refractivity contribution in [2.75, 3.05) is 0 Å². The summed E-state index contributed by atoms with van der Waals surface area (Å²) in [5, 5.41) is 13.0. The van der Waals surface area contributed by atoms with Crippen LogP contribution in [0, 0.1) is 0 Å². The molecule has 14 heavy (non-hydrogen) atoms. The summed E-state index contributed by atoms with van der Waals surface area (Å²) in [5.41, 5.74) is 7.02. The van der Waals surface area contributed by atoms with Crippen LogP contribution < -0.4 is 5.73 Å². The van der Waals surface area contributed by atoms with Crippen LogP contribution in [0.3, 0.4) is 0 Å². The Morgan fingerprint density at radius 1 is 1.50 bits per heavy atom. The van der Waals surface area contributed by atoms with Crippen molar-refractivity contribution in [1.82, 2.24) is 4.98 Å². The lowest BCUT2D eigenvalue weighted by molar-refractivity contribution is 0.318. The highest BCUT2D eigenvalue weighted by atomic mass is 35.5. The molecule has 5 heteroatoms. The molecule has 0 fully saturated rings. The van der Waals surface area contributed by atoms with E-state index in [-0.39, 0.29) is 5.84 Å². The van der Waals surface area contributed by atoms with Crippen LogP contribution in [0.15, 0.2) is 29.6 Å². The standard InChI is InChI=1S/C9H8ClN3O/c10-5-1-2-6-7(9(11)13-14)4-12-8(6)3-5/h1-4,12,14H,(H2,11,13). The zero-order valence-electron chi connectivity index (χ0n) is 7.16. The number of H-pyrrole nitrogens is 1. The molecule has 1 aromatic carbocycles. The van der Waals surface area contributed by atoms with Gasteiger partial charge in [-0.1, -0.05) is 22.8 Å². The van der Waals surface area contributed by atoms with Gasteiger partial charge < -0.3 is 15.9 Å². The van der Waals surface area contributed by atoms with Gasteiger partial charge in [0.2, 0.25) is 0 Å². The molecule has 2 aromatic rings. The molecule has 0 aliphatic rings. The van der Waals surface area contributed by atoms with Crippen LogP contribution in [0.4, 0.5) is 0 Å². The Morgan fingerprint density at radius 2 is 2.29 bits per heavy atom. The van der Waals surface area contributed by atoms with Crippen LogP contribution in [-0.4, -0.2) is 16.0 Å². The molecule has 0 amide bonds. The van der Waals surface area contributed by atoms with Crippen molar-refractivity contribution >= 4 is 28.3 Å². The van der Waals surface area contributed by atoms with E-state index in [9.17, 15) is 0 Å². The fourth-order valence-electron chi connectivity index (χ4n) is 1.36. The van der Waals surface area contributed by atoms with Crippen molar-refractivity contribution in [3.8, 4) is 0 Å². The second-order valence-electron chi connectivity index (χ2n) is 2.88. The molecule has 0 unspecified atom stereocenters. The van der Waals surface area contributed by atoms with Gasteiger partial charge in [0.15, 0.2) is 5.84 Å². The number of halogens is 1. The molecule has 0 aliphatic carbocycles. The van der Waals surface area contributed by atoms with Gasteiger partial charge in [0.25, 0.3) is 0 Å². The van der Waals surface area contributed by atoms with E-state index in [1.54, 1.807) is 18.3 Å². The zero-order valence-corrected chi connectivity index (χ0v) is 7.92. The maximum atomic E-state index is 8.54. The SMILES string of the molecule is N/C(=N\O)c1c[nH]c2cc(Cl)ccc12. The number of nitrogens with two attached hydrogens (primary N) is 1. The van der Waals surface area contributed by atoms with E-state index in [1.807, 2.05) is 6.07 Å². The van der Waals surface area contributed by atoms with Crippen LogP contribution in [0.5, 0.6) is 0 Å². The Balaban J connectivity index is 2.70. The van der Waals surface area contributed by atoms with Gasteiger partial charge in [-0.2, -0.15) is 0 Å². The molecule has 0 saturated carbocycles. The van der Waals surface area contributed by atoms with E-state index in [1.165, 1.54) is 0 Å². The molecule has 4 N–H and O–H groups in total. The first-order chi connectivity index (χ1) is 6.72. The average molecular weight is 210 g/mol. The van der Waals surface area contributed by atoms with Crippen molar-refractivity contribution in [3.05, 3.63) is 35.0 Å². The normalized spacial score (nSPS) is 12.2. The van der Waals surface area contributed by atoms with Gasteiger partial charge in [0, 0.05) is 27.7 Å². The Kier molecular flexibility index (Phi) is 2.05. The highest BCUT2D eigenvalue weighted by molar-refractivity contribution is 6.31. The van der Waals surface area contributed by atoms with Crippen LogP contribution in [0.25, 0.3) is 10.9 Å². The third kappa shape index (κ3) is 1.29. The number of benzene rings is 1. The molecule has 72 valence electrons. The summed E-state index contributed by atoms with van der Waals surface area (Å²) in [4.78, 5) is 2.99. The lowest BCUT2D eigenvalue weighted by Crippen LogP contribution is -2.12. The summed E-state index contributed by atoms with van der Waals surface area (Å²) in [5.74, 6) is 0.0820. The maximum Gasteiger partial charge on any atom is 0.172 e. The quantitative estimate of drug-likeness (QED) is 0.291. The minimum atomic E-state index is 0.0820. The van der Waals surface area contributed by atoms with E-state index in [4.69, 9.17) is 22.5 Å². The molecular formula is C9H8ClN3O. The van der Waals surface area contributed by atoms with Crippen molar-refractivity contribution < 1.29 is 5.21 Å². The summed E-state index contributed by atoms with van der Waals surface area (Å²) in [7, 11) is 0. The molecule has 1 aromatic heterocycles. The molecule has 0 saturated heterocycles. The monoisotopic (exact) mass is 209 g/mol. The predicted octanol–water partition coefficient (Wildman–Crippen LogP) is 1.92. The molecule has 0 bridgehead atoms. The first kappa shape index (κ1) is 8.90. The largest absolute Gasteiger partial charge is 0.409 e. The van der Waals surface area contributed by atoms with Gasteiger partial charge in [0.05, 0.1) is 0 Å². The Bertz CT molecular complexity index is 504. The molecule has 0 spiro atoms. The van der Waals surface area contributed by atoms with Gasteiger partial charge >= 0.3 is 0 Å². The molecule has 0 radical (unpaired) electrons. The van der Waals surface area contributed by atoms with Gasteiger partial charge in [-0.05, 0) is 12.1 Å². The number of fused-ring (bicyclic) bond motifs is 1. The molecule has 1 heterocycles. The van der Waals surface area contributed by atoms with Crippen molar-refractivity contribution in [2.24, 2.45) is 10.9 Å². The number of hydrogen-bond acceptors (Lipinski definition) is 2. The van der Waals surface area contributed by atoms with E-state index in [2.05, 4.69) is 10.1 Å². The van der Waals surface area contributed by atoms with Crippen molar-refractivity contribution in [2.45, 2.75) is 0 Å². The van der Waals surface area contributed by atoms with Gasteiger partial charge in [-0.15, -0.1) is 0 Å². The summed E-state index contributed by atoms with van der Waals surface area (Å²) < 4.78 is 0. The summed E-state index contributed by atoms with van der Waals surface area (Å²) in [6, 6.07) is 5.36. The fraction of sp³-hybridized carbons (Fsp3) is 0. The number of hydrogen-bond donors (Lipinski definition) is 3. The van der Waals surface area contributed by atoms with E-state index < -0.39 is 0 Å². The molecular weight excluding hydrogens is 202 g/mol. The van der Waals surface area contributed by atoms with E-state index in [0.29, 0.717) is 10.6 Å². The second-order valence-corrected chi connectivity index (χ2v) is 3.31. The highest BCUT2D eigenvalue weighted by Crippen LogP contribution is 2.21. The van der Waals surface area contributed by atoms with Crippen molar-refractivity contribution in [1.29, 1.82) is 0 Å². The molecule has 2 rings (SSSR count). The van der Waals surface area contributed by atoms with E-state index >= 15 is 0 Å². The first-order valence-electron chi connectivity index (χ1n) is 3.97. The first-order valence-corrected chi connectivity index (χ1v) is 4.34. The number of nitrogens with one attached hydrogen (secondary N) is 1. The van der Waals surface area contributed by atoms with Gasteiger partial charge in [-0.3, -0.25) is 0 Å².